The highest BCUT2D eigenvalue weighted by atomic mass is 32.1. The maximum absolute atomic E-state index is 5.77. The molecule has 1 unspecified atom stereocenters. The van der Waals surface area contributed by atoms with Crippen LogP contribution in [0, 0.1) is 6.92 Å². The van der Waals surface area contributed by atoms with Crippen LogP contribution >= 0.6 is 11.3 Å². The Morgan fingerprint density at radius 1 is 1.30 bits per heavy atom. The molecule has 20 heavy (non-hydrogen) atoms. The molecule has 1 aromatic carbocycles. The van der Waals surface area contributed by atoms with Gasteiger partial charge in [-0.15, -0.1) is 11.3 Å². The molecular weight excluding hydrogens is 268 g/mol. The zero-order valence-corrected chi connectivity index (χ0v) is 13.2. The topological polar surface area (TPSA) is 34.1 Å². The fraction of sp³-hybridized carbons (Fsp3) is 0.438. The molecule has 108 valence electrons. The molecule has 0 saturated carbocycles. The molecule has 1 N–H and O–H groups in total. The van der Waals surface area contributed by atoms with Crippen molar-refractivity contribution >= 4 is 11.3 Å². The quantitative estimate of drug-likeness (QED) is 0.846. The van der Waals surface area contributed by atoms with Crippen LogP contribution in [0.4, 0.5) is 0 Å². The van der Waals surface area contributed by atoms with Crippen molar-refractivity contribution in [2.75, 3.05) is 6.54 Å². The highest BCUT2D eigenvalue weighted by Gasteiger charge is 2.03. The minimum absolute atomic E-state index is 0.506. The molecule has 2 aromatic rings. The third-order valence-corrected chi connectivity index (χ3v) is 3.95. The van der Waals surface area contributed by atoms with Gasteiger partial charge in [0.05, 0.1) is 9.88 Å². The normalized spacial score (nSPS) is 12.3. The van der Waals surface area contributed by atoms with E-state index in [9.17, 15) is 0 Å². The second-order valence-electron chi connectivity index (χ2n) is 4.94. The summed E-state index contributed by atoms with van der Waals surface area (Å²) in [6.45, 7) is 7.96. The van der Waals surface area contributed by atoms with Gasteiger partial charge in [-0.2, -0.15) is 0 Å². The van der Waals surface area contributed by atoms with E-state index >= 15 is 0 Å². The average Bonchev–Trinajstić information content (AvgIpc) is 2.84. The lowest BCUT2D eigenvalue weighted by Crippen LogP contribution is -2.27. The number of nitrogens with one attached hydrogen (secondary N) is 1. The van der Waals surface area contributed by atoms with Crippen LogP contribution in [0.15, 0.2) is 30.5 Å². The summed E-state index contributed by atoms with van der Waals surface area (Å²) in [4.78, 5) is 5.38. The van der Waals surface area contributed by atoms with Gasteiger partial charge in [0.15, 0.2) is 0 Å². The standard InChI is InChI=1S/C16H22N2OS/c1-4-17-12(2)9-14-5-7-15(8-6-14)19-11-16-10-18-13(3)20-16/h5-8,10,12,17H,4,9,11H2,1-3H3. The van der Waals surface area contributed by atoms with Crippen molar-refractivity contribution in [3.05, 3.63) is 45.9 Å². The smallest absolute Gasteiger partial charge is 0.124 e. The number of ether oxygens (including phenoxy) is 1. The lowest BCUT2D eigenvalue weighted by molar-refractivity contribution is 0.309. The predicted octanol–water partition coefficient (Wildman–Crippen LogP) is 3.57. The first kappa shape index (κ1) is 15.0. The van der Waals surface area contributed by atoms with E-state index in [1.165, 1.54) is 5.56 Å². The Bertz CT molecular complexity index is 522. The van der Waals surface area contributed by atoms with Crippen LogP contribution in [0.2, 0.25) is 0 Å². The molecule has 0 radical (unpaired) electrons. The fourth-order valence-electron chi connectivity index (χ4n) is 2.12. The van der Waals surface area contributed by atoms with Crippen LogP contribution < -0.4 is 10.1 Å². The molecule has 2 rings (SSSR count). The van der Waals surface area contributed by atoms with E-state index in [0.717, 1.165) is 28.6 Å². The van der Waals surface area contributed by atoms with E-state index in [1.807, 2.05) is 25.3 Å². The van der Waals surface area contributed by atoms with E-state index in [1.54, 1.807) is 11.3 Å². The number of rotatable bonds is 7. The molecule has 4 heteroatoms. The Morgan fingerprint density at radius 3 is 2.65 bits per heavy atom. The van der Waals surface area contributed by atoms with Crippen molar-refractivity contribution in [1.29, 1.82) is 0 Å². The molecule has 0 fully saturated rings. The van der Waals surface area contributed by atoms with Gasteiger partial charge in [-0.05, 0) is 44.5 Å². The fourth-order valence-corrected chi connectivity index (χ4v) is 2.83. The predicted molar refractivity (Wildman–Crippen MR) is 84.5 cm³/mol. The zero-order chi connectivity index (χ0) is 14.4. The molecule has 3 nitrogen and oxygen atoms in total. The third kappa shape index (κ3) is 4.62. The molecule has 0 aliphatic carbocycles. The monoisotopic (exact) mass is 290 g/mol. The number of aryl methyl sites for hydroxylation is 1. The molecule has 0 spiro atoms. The van der Waals surface area contributed by atoms with E-state index in [2.05, 4.69) is 36.3 Å². The minimum Gasteiger partial charge on any atom is -0.488 e. The summed E-state index contributed by atoms with van der Waals surface area (Å²) in [5.41, 5.74) is 1.33. The summed E-state index contributed by atoms with van der Waals surface area (Å²) < 4.78 is 5.77. The number of hydrogen-bond donors (Lipinski definition) is 1. The molecule has 0 amide bonds. The van der Waals surface area contributed by atoms with Crippen LogP contribution in [0.3, 0.4) is 0 Å². The van der Waals surface area contributed by atoms with Gasteiger partial charge in [-0.25, -0.2) is 4.98 Å². The molecule has 1 aromatic heterocycles. The molecule has 1 atom stereocenters. The van der Waals surface area contributed by atoms with Gasteiger partial charge in [0.25, 0.3) is 0 Å². The Hall–Kier alpha value is -1.39. The molecule has 0 bridgehead atoms. The van der Waals surface area contributed by atoms with E-state index in [4.69, 9.17) is 4.74 Å². The first-order chi connectivity index (χ1) is 9.67. The Kier molecular flexibility index (Phi) is 5.56. The van der Waals surface area contributed by atoms with Gasteiger partial charge in [-0.3, -0.25) is 0 Å². The van der Waals surface area contributed by atoms with Gasteiger partial charge in [0.1, 0.15) is 12.4 Å². The minimum atomic E-state index is 0.506. The first-order valence-corrected chi connectivity index (χ1v) is 7.85. The zero-order valence-electron chi connectivity index (χ0n) is 12.3. The highest BCUT2D eigenvalue weighted by molar-refractivity contribution is 7.11. The molecule has 1 heterocycles. The highest BCUT2D eigenvalue weighted by Crippen LogP contribution is 2.17. The summed E-state index contributed by atoms with van der Waals surface area (Å²) in [5.74, 6) is 0.913. The van der Waals surface area contributed by atoms with E-state index in [-0.39, 0.29) is 0 Å². The van der Waals surface area contributed by atoms with Crippen LogP contribution in [0.25, 0.3) is 0 Å². The average molecular weight is 290 g/mol. The second kappa shape index (κ2) is 7.41. The number of aromatic nitrogens is 1. The van der Waals surface area contributed by atoms with Gasteiger partial charge < -0.3 is 10.1 Å². The lowest BCUT2D eigenvalue weighted by atomic mass is 10.1. The van der Waals surface area contributed by atoms with Gasteiger partial charge in [-0.1, -0.05) is 19.1 Å². The molecule has 0 saturated heterocycles. The van der Waals surface area contributed by atoms with E-state index in [0.29, 0.717) is 12.6 Å². The van der Waals surface area contributed by atoms with Crippen LogP contribution in [0.1, 0.15) is 29.3 Å². The third-order valence-electron chi connectivity index (χ3n) is 3.07. The number of hydrogen-bond acceptors (Lipinski definition) is 4. The first-order valence-electron chi connectivity index (χ1n) is 7.03. The number of nitrogens with zero attached hydrogens (tertiary/aromatic N) is 1. The van der Waals surface area contributed by atoms with Crippen molar-refractivity contribution in [3.63, 3.8) is 0 Å². The van der Waals surface area contributed by atoms with Crippen LogP contribution in [-0.2, 0) is 13.0 Å². The molecule has 0 aliphatic rings. The summed E-state index contributed by atoms with van der Waals surface area (Å²) in [6.07, 6.45) is 2.93. The summed E-state index contributed by atoms with van der Waals surface area (Å²) in [5, 5.41) is 4.50. The van der Waals surface area contributed by atoms with Crippen LogP contribution in [0.5, 0.6) is 5.75 Å². The number of thiazole rings is 1. The largest absolute Gasteiger partial charge is 0.488 e. The van der Waals surface area contributed by atoms with Crippen molar-refractivity contribution in [2.45, 2.75) is 39.8 Å². The Labute approximate surface area is 125 Å². The molecular formula is C16H22N2OS. The van der Waals surface area contributed by atoms with Crippen molar-refractivity contribution < 1.29 is 4.74 Å². The summed E-state index contributed by atoms with van der Waals surface area (Å²) in [7, 11) is 0. The van der Waals surface area contributed by atoms with Crippen molar-refractivity contribution in [3.8, 4) is 5.75 Å². The van der Waals surface area contributed by atoms with Crippen molar-refractivity contribution in [2.24, 2.45) is 0 Å². The maximum Gasteiger partial charge on any atom is 0.124 e. The van der Waals surface area contributed by atoms with Crippen molar-refractivity contribution in [1.82, 2.24) is 10.3 Å². The van der Waals surface area contributed by atoms with Crippen LogP contribution in [-0.4, -0.2) is 17.6 Å². The lowest BCUT2D eigenvalue weighted by Gasteiger charge is -2.12. The SMILES string of the molecule is CCNC(C)Cc1ccc(OCc2cnc(C)s2)cc1. The van der Waals surface area contributed by atoms with Gasteiger partial charge >= 0.3 is 0 Å². The Balaban J connectivity index is 1.85. The van der Waals surface area contributed by atoms with Gasteiger partial charge in [0, 0.05) is 12.2 Å². The maximum atomic E-state index is 5.77. The van der Waals surface area contributed by atoms with Gasteiger partial charge in [0.2, 0.25) is 0 Å². The Morgan fingerprint density at radius 2 is 2.05 bits per heavy atom. The summed E-state index contributed by atoms with van der Waals surface area (Å²) in [6, 6.07) is 8.87. The molecule has 0 aliphatic heterocycles. The second-order valence-corrected chi connectivity index (χ2v) is 6.26. The summed E-state index contributed by atoms with van der Waals surface area (Å²) >= 11 is 1.68. The van der Waals surface area contributed by atoms with E-state index < -0.39 is 0 Å². The number of likely N-dealkylation sites (N-methyl/N-ethyl adjacent to an activating group) is 1. The number of benzene rings is 1.